The molecule has 1 N–H and O–H groups in total. The standard InChI is InChI=1S/C19H31N3O3/c1-4-20-18(21-16-19(23-3)10-13-24-14-11-19)22(2)12-15-25-17-8-6-5-7-9-17/h5-9H,4,10-16H2,1-3H3,(H,20,21). The number of rotatable bonds is 8. The van der Waals surface area contributed by atoms with Gasteiger partial charge < -0.3 is 24.4 Å². The molecule has 0 radical (unpaired) electrons. The Balaban J connectivity index is 1.88. The Hall–Kier alpha value is -1.79. The van der Waals surface area contributed by atoms with E-state index in [0.29, 0.717) is 13.2 Å². The average Bonchev–Trinajstić information content (AvgIpc) is 2.66. The van der Waals surface area contributed by atoms with Gasteiger partial charge in [0.2, 0.25) is 0 Å². The summed E-state index contributed by atoms with van der Waals surface area (Å²) < 4.78 is 17.0. The molecule has 1 aliphatic heterocycles. The number of para-hydroxylation sites is 1. The lowest BCUT2D eigenvalue weighted by Gasteiger charge is -2.35. The molecule has 0 atom stereocenters. The maximum Gasteiger partial charge on any atom is 0.193 e. The van der Waals surface area contributed by atoms with Crippen LogP contribution in [-0.2, 0) is 9.47 Å². The van der Waals surface area contributed by atoms with E-state index in [1.54, 1.807) is 7.11 Å². The van der Waals surface area contributed by atoms with Crippen molar-refractivity contribution in [3.05, 3.63) is 30.3 Å². The molecule has 6 nitrogen and oxygen atoms in total. The molecular weight excluding hydrogens is 318 g/mol. The van der Waals surface area contributed by atoms with Crippen LogP contribution in [-0.4, -0.2) is 70.1 Å². The minimum atomic E-state index is -0.208. The van der Waals surface area contributed by atoms with Crippen molar-refractivity contribution in [2.75, 3.05) is 53.6 Å². The number of aliphatic imine (C=N–C) groups is 1. The zero-order valence-corrected chi connectivity index (χ0v) is 15.7. The largest absolute Gasteiger partial charge is 0.492 e. The molecule has 0 amide bonds. The molecule has 0 aromatic heterocycles. The molecule has 0 saturated carbocycles. The number of nitrogens with zero attached hydrogens (tertiary/aromatic N) is 2. The van der Waals surface area contributed by atoms with Crippen molar-refractivity contribution in [1.29, 1.82) is 0 Å². The second kappa shape index (κ2) is 10.3. The van der Waals surface area contributed by atoms with Gasteiger partial charge in [0.15, 0.2) is 5.96 Å². The smallest absolute Gasteiger partial charge is 0.193 e. The molecule has 1 heterocycles. The Morgan fingerprint density at radius 2 is 2.00 bits per heavy atom. The minimum Gasteiger partial charge on any atom is -0.492 e. The van der Waals surface area contributed by atoms with Gasteiger partial charge in [0, 0.05) is 46.8 Å². The number of benzene rings is 1. The van der Waals surface area contributed by atoms with Gasteiger partial charge in [-0.15, -0.1) is 0 Å². The topological polar surface area (TPSA) is 55.3 Å². The predicted octanol–water partition coefficient (Wildman–Crippen LogP) is 2.16. The van der Waals surface area contributed by atoms with Gasteiger partial charge in [-0.05, 0) is 19.1 Å². The molecule has 0 spiro atoms. The lowest BCUT2D eigenvalue weighted by molar-refractivity contribution is -0.0829. The number of hydrogen-bond donors (Lipinski definition) is 1. The van der Waals surface area contributed by atoms with Crippen molar-refractivity contribution < 1.29 is 14.2 Å². The summed E-state index contributed by atoms with van der Waals surface area (Å²) in [4.78, 5) is 6.89. The first-order valence-electron chi connectivity index (χ1n) is 8.99. The molecule has 0 aliphatic carbocycles. The maximum absolute atomic E-state index is 5.77. The lowest BCUT2D eigenvalue weighted by atomic mass is 9.94. The summed E-state index contributed by atoms with van der Waals surface area (Å²) in [5, 5.41) is 3.35. The third-order valence-corrected chi connectivity index (χ3v) is 4.49. The number of methoxy groups -OCH3 is 1. The molecule has 0 unspecified atom stereocenters. The van der Waals surface area contributed by atoms with E-state index < -0.39 is 0 Å². The van der Waals surface area contributed by atoms with Gasteiger partial charge in [-0.2, -0.15) is 0 Å². The zero-order valence-electron chi connectivity index (χ0n) is 15.7. The van der Waals surface area contributed by atoms with Crippen molar-refractivity contribution in [1.82, 2.24) is 10.2 Å². The highest BCUT2D eigenvalue weighted by molar-refractivity contribution is 5.79. The van der Waals surface area contributed by atoms with E-state index in [0.717, 1.165) is 50.9 Å². The SMILES string of the molecule is CCNC(=NCC1(OC)CCOCC1)N(C)CCOc1ccccc1. The third kappa shape index (κ3) is 6.21. The predicted molar refractivity (Wildman–Crippen MR) is 100 cm³/mol. The maximum atomic E-state index is 5.77. The van der Waals surface area contributed by atoms with Crippen LogP contribution in [0.3, 0.4) is 0 Å². The highest BCUT2D eigenvalue weighted by atomic mass is 16.5. The van der Waals surface area contributed by atoms with Crippen LogP contribution in [0, 0.1) is 0 Å². The van der Waals surface area contributed by atoms with Crippen LogP contribution >= 0.6 is 0 Å². The molecule has 140 valence electrons. The van der Waals surface area contributed by atoms with Crippen LogP contribution in [0.4, 0.5) is 0 Å². The second-order valence-corrected chi connectivity index (χ2v) is 6.25. The summed E-state index contributed by atoms with van der Waals surface area (Å²) >= 11 is 0. The van der Waals surface area contributed by atoms with Crippen LogP contribution in [0.25, 0.3) is 0 Å². The van der Waals surface area contributed by atoms with E-state index in [-0.39, 0.29) is 5.60 Å². The zero-order chi connectivity index (χ0) is 18.0. The Morgan fingerprint density at radius 3 is 2.64 bits per heavy atom. The van der Waals surface area contributed by atoms with E-state index in [4.69, 9.17) is 19.2 Å². The molecular formula is C19H31N3O3. The van der Waals surface area contributed by atoms with Crippen molar-refractivity contribution in [2.24, 2.45) is 4.99 Å². The van der Waals surface area contributed by atoms with Gasteiger partial charge in [0.05, 0.1) is 18.7 Å². The van der Waals surface area contributed by atoms with Gasteiger partial charge in [0.1, 0.15) is 12.4 Å². The van der Waals surface area contributed by atoms with Crippen molar-refractivity contribution in [3.8, 4) is 5.75 Å². The van der Waals surface area contributed by atoms with E-state index in [2.05, 4.69) is 17.1 Å². The number of nitrogens with one attached hydrogen (secondary N) is 1. The van der Waals surface area contributed by atoms with Gasteiger partial charge >= 0.3 is 0 Å². The number of hydrogen-bond acceptors (Lipinski definition) is 4. The van der Waals surface area contributed by atoms with Crippen LogP contribution in [0.1, 0.15) is 19.8 Å². The summed E-state index contributed by atoms with van der Waals surface area (Å²) in [7, 11) is 3.80. The molecule has 25 heavy (non-hydrogen) atoms. The first kappa shape index (κ1) is 19.5. The Bertz CT molecular complexity index is 516. The fourth-order valence-electron chi connectivity index (χ4n) is 2.78. The van der Waals surface area contributed by atoms with E-state index in [9.17, 15) is 0 Å². The Morgan fingerprint density at radius 1 is 1.28 bits per heavy atom. The number of ether oxygens (including phenoxy) is 3. The summed E-state index contributed by atoms with van der Waals surface area (Å²) in [5.41, 5.74) is -0.208. The summed E-state index contributed by atoms with van der Waals surface area (Å²) in [5.74, 6) is 1.76. The first-order chi connectivity index (χ1) is 12.2. The van der Waals surface area contributed by atoms with Crippen LogP contribution in [0.2, 0.25) is 0 Å². The van der Waals surface area contributed by atoms with Crippen molar-refractivity contribution in [3.63, 3.8) is 0 Å². The molecule has 1 aromatic carbocycles. The van der Waals surface area contributed by atoms with Crippen molar-refractivity contribution in [2.45, 2.75) is 25.4 Å². The van der Waals surface area contributed by atoms with Gasteiger partial charge in [-0.3, -0.25) is 4.99 Å². The average molecular weight is 349 g/mol. The minimum absolute atomic E-state index is 0.208. The molecule has 1 fully saturated rings. The number of likely N-dealkylation sites (N-methyl/N-ethyl adjacent to an activating group) is 1. The van der Waals surface area contributed by atoms with Crippen LogP contribution in [0.15, 0.2) is 35.3 Å². The van der Waals surface area contributed by atoms with Gasteiger partial charge in [0.25, 0.3) is 0 Å². The van der Waals surface area contributed by atoms with E-state index >= 15 is 0 Å². The Kier molecular flexibility index (Phi) is 8.01. The second-order valence-electron chi connectivity index (χ2n) is 6.25. The highest BCUT2D eigenvalue weighted by Gasteiger charge is 2.32. The third-order valence-electron chi connectivity index (χ3n) is 4.49. The van der Waals surface area contributed by atoms with Gasteiger partial charge in [-0.1, -0.05) is 18.2 Å². The molecule has 1 saturated heterocycles. The highest BCUT2D eigenvalue weighted by Crippen LogP contribution is 2.24. The summed E-state index contributed by atoms with van der Waals surface area (Å²) in [6.07, 6.45) is 1.76. The molecule has 1 aromatic rings. The fourth-order valence-corrected chi connectivity index (χ4v) is 2.78. The molecule has 6 heteroatoms. The quantitative estimate of drug-likeness (QED) is 0.576. The fraction of sp³-hybridized carbons (Fsp3) is 0.632. The van der Waals surface area contributed by atoms with Crippen LogP contribution in [0.5, 0.6) is 5.75 Å². The van der Waals surface area contributed by atoms with Gasteiger partial charge in [-0.25, -0.2) is 0 Å². The monoisotopic (exact) mass is 349 g/mol. The molecule has 0 bridgehead atoms. The normalized spacial score (nSPS) is 17.2. The van der Waals surface area contributed by atoms with E-state index in [1.165, 1.54) is 0 Å². The lowest BCUT2D eigenvalue weighted by Crippen LogP contribution is -2.45. The van der Waals surface area contributed by atoms with E-state index in [1.807, 2.05) is 37.4 Å². The molecule has 1 aliphatic rings. The van der Waals surface area contributed by atoms with Crippen molar-refractivity contribution >= 4 is 5.96 Å². The summed E-state index contributed by atoms with van der Waals surface area (Å²) in [6, 6.07) is 9.86. The van der Waals surface area contributed by atoms with Crippen LogP contribution < -0.4 is 10.1 Å². The number of guanidine groups is 1. The molecule has 2 rings (SSSR count). The Labute approximate surface area is 151 Å². The first-order valence-corrected chi connectivity index (χ1v) is 8.99. The summed E-state index contributed by atoms with van der Waals surface area (Å²) in [6.45, 7) is 6.37.